The highest BCUT2D eigenvalue weighted by atomic mass is 16.2. The second kappa shape index (κ2) is 6.10. The van der Waals surface area contributed by atoms with E-state index in [-0.39, 0.29) is 11.8 Å². The van der Waals surface area contributed by atoms with Gasteiger partial charge in [-0.1, -0.05) is 0 Å². The van der Waals surface area contributed by atoms with Crippen LogP contribution in [0.25, 0.3) is 0 Å². The van der Waals surface area contributed by atoms with Gasteiger partial charge in [0.2, 0.25) is 0 Å². The molecule has 0 saturated heterocycles. The Hall–Kier alpha value is -2.22. The van der Waals surface area contributed by atoms with Crippen molar-refractivity contribution in [1.82, 2.24) is 4.90 Å². The van der Waals surface area contributed by atoms with Gasteiger partial charge in [0.25, 0.3) is 5.91 Å². The maximum absolute atomic E-state index is 11.8. The van der Waals surface area contributed by atoms with E-state index in [0.29, 0.717) is 17.8 Å². The summed E-state index contributed by atoms with van der Waals surface area (Å²) in [5, 5.41) is 8.82. The molecule has 5 heteroatoms. The molecular weight excluding hydrogens is 240 g/mol. The number of nitrogens with two attached hydrogens (primary N) is 1. The Bertz CT molecular complexity index is 505. The first-order valence-corrected chi connectivity index (χ1v) is 6.08. The van der Waals surface area contributed by atoms with Gasteiger partial charge in [-0.2, -0.15) is 5.26 Å². The Morgan fingerprint density at radius 1 is 1.42 bits per heavy atom. The third-order valence-corrected chi connectivity index (χ3v) is 2.86. The Labute approximate surface area is 114 Å². The number of nitrogens with zero attached hydrogens (tertiary/aromatic N) is 3. The fourth-order valence-electron chi connectivity index (χ4n) is 1.84. The minimum atomic E-state index is -0.0775. The summed E-state index contributed by atoms with van der Waals surface area (Å²) >= 11 is 0. The zero-order valence-electron chi connectivity index (χ0n) is 11.8. The van der Waals surface area contributed by atoms with Crippen molar-refractivity contribution in [3.63, 3.8) is 0 Å². The summed E-state index contributed by atoms with van der Waals surface area (Å²) in [5.41, 5.74) is 7.92. The van der Waals surface area contributed by atoms with Crippen molar-refractivity contribution >= 4 is 17.3 Å². The molecule has 19 heavy (non-hydrogen) atoms. The van der Waals surface area contributed by atoms with Gasteiger partial charge >= 0.3 is 0 Å². The third kappa shape index (κ3) is 3.62. The fourth-order valence-corrected chi connectivity index (χ4v) is 1.84. The number of hydrogen-bond donors (Lipinski definition) is 1. The van der Waals surface area contributed by atoms with E-state index in [1.165, 1.54) is 4.90 Å². The number of carbonyl (C=O) groups is 1. The van der Waals surface area contributed by atoms with Gasteiger partial charge in [-0.15, -0.1) is 0 Å². The lowest BCUT2D eigenvalue weighted by Gasteiger charge is -2.22. The van der Waals surface area contributed by atoms with E-state index in [2.05, 4.69) is 6.07 Å². The van der Waals surface area contributed by atoms with Crippen LogP contribution in [-0.4, -0.2) is 38.5 Å². The van der Waals surface area contributed by atoms with E-state index < -0.39 is 0 Å². The van der Waals surface area contributed by atoms with Crippen LogP contribution in [0.5, 0.6) is 0 Å². The molecule has 0 saturated carbocycles. The summed E-state index contributed by atoms with van der Waals surface area (Å²) in [6.07, 6.45) is 0. The maximum atomic E-state index is 11.8. The Morgan fingerprint density at radius 3 is 2.53 bits per heavy atom. The van der Waals surface area contributed by atoms with E-state index in [1.54, 1.807) is 26.2 Å². The number of anilines is 2. The maximum Gasteiger partial charge on any atom is 0.253 e. The van der Waals surface area contributed by atoms with Crippen LogP contribution in [0.1, 0.15) is 17.3 Å². The minimum Gasteiger partial charge on any atom is -0.397 e. The minimum absolute atomic E-state index is 0.0764. The van der Waals surface area contributed by atoms with Crippen molar-refractivity contribution in [2.24, 2.45) is 5.92 Å². The van der Waals surface area contributed by atoms with Crippen LogP contribution in [0.2, 0.25) is 0 Å². The average Bonchev–Trinajstić information content (AvgIpc) is 2.37. The van der Waals surface area contributed by atoms with Crippen molar-refractivity contribution in [1.29, 1.82) is 5.26 Å². The molecule has 0 aromatic heterocycles. The molecule has 1 unspecified atom stereocenters. The van der Waals surface area contributed by atoms with Crippen molar-refractivity contribution in [2.45, 2.75) is 6.92 Å². The molecule has 0 bridgehead atoms. The highest BCUT2D eigenvalue weighted by Crippen LogP contribution is 2.24. The third-order valence-electron chi connectivity index (χ3n) is 2.86. The van der Waals surface area contributed by atoms with Gasteiger partial charge in [0.05, 0.1) is 23.4 Å². The molecule has 0 aliphatic carbocycles. The highest BCUT2D eigenvalue weighted by molar-refractivity contribution is 5.95. The van der Waals surface area contributed by atoms with E-state index in [4.69, 9.17) is 11.0 Å². The zero-order chi connectivity index (χ0) is 14.6. The zero-order valence-corrected chi connectivity index (χ0v) is 11.8. The average molecular weight is 260 g/mol. The summed E-state index contributed by atoms with van der Waals surface area (Å²) in [6.45, 7) is 2.46. The largest absolute Gasteiger partial charge is 0.397 e. The number of nitrogen functional groups attached to an aromatic ring is 1. The molecule has 0 spiro atoms. The molecule has 1 aromatic carbocycles. The normalized spacial score (nSPS) is 11.5. The lowest BCUT2D eigenvalue weighted by atomic mass is 10.1. The van der Waals surface area contributed by atoms with Gasteiger partial charge in [-0.25, -0.2) is 0 Å². The predicted octanol–water partition coefficient (Wildman–Crippen LogP) is 1.57. The van der Waals surface area contributed by atoms with Crippen molar-refractivity contribution in [3.05, 3.63) is 23.8 Å². The number of benzene rings is 1. The second-order valence-corrected chi connectivity index (χ2v) is 4.88. The molecule has 1 amide bonds. The summed E-state index contributed by atoms with van der Waals surface area (Å²) in [5.74, 6) is -0.154. The van der Waals surface area contributed by atoms with Gasteiger partial charge < -0.3 is 15.5 Å². The van der Waals surface area contributed by atoms with Crippen molar-refractivity contribution < 1.29 is 4.79 Å². The predicted molar refractivity (Wildman–Crippen MR) is 76.9 cm³/mol. The summed E-state index contributed by atoms with van der Waals surface area (Å²) in [7, 11) is 5.29. The lowest BCUT2D eigenvalue weighted by Crippen LogP contribution is -2.25. The van der Waals surface area contributed by atoms with Crippen LogP contribution in [-0.2, 0) is 0 Å². The summed E-state index contributed by atoms with van der Waals surface area (Å²) in [6, 6.07) is 7.43. The number of hydrogen-bond acceptors (Lipinski definition) is 4. The lowest BCUT2D eigenvalue weighted by molar-refractivity contribution is 0.0827. The van der Waals surface area contributed by atoms with Crippen molar-refractivity contribution in [2.75, 3.05) is 38.3 Å². The van der Waals surface area contributed by atoms with Gasteiger partial charge in [0.1, 0.15) is 0 Å². The molecular formula is C14H20N4O. The molecule has 0 fully saturated rings. The number of rotatable bonds is 4. The molecule has 1 rings (SSSR count). The number of carbonyl (C=O) groups excluding carboxylic acids is 1. The SMILES string of the molecule is CC(C#N)CN(C)c1ccc(C(=O)N(C)C)cc1N. The van der Waals surface area contributed by atoms with E-state index >= 15 is 0 Å². The molecule has 0 aliphatic heterocycles. The van der Waals surface area contributed by atoms with Crippen LogP contribution < -0.4 is 10.6 Å². The van der Waals surface area contributed by atoms with Crippen LogP contribution in [0.3, 0.4) is 0 Å². The van der Waals surface area contributed by atoms with Gasteiger partial charge in [0, 0.05) is 33.3 Å². The van der Waals surface area contributed by atoms with E-state index in [0.717, 1.165) is 5.69 Å². The first kappa shape index (κ1) is 14.8. The molecule has 0 heterocycles. The van der Waals surface area contributed by atoms with Crippen LogP contribution in [0.15, 0.2) is 18.2 Å². The van der Waals surface area contributed by atoms with Crippen LogP contribution in [0, 0.1) is 17.2 Å². The first-order valence-electron chi connectivity index (χ1n) is 6.08. The molecule has 102 valence electrons. The summed E-state index contributed by atoms with van der Waals surface area (Å²) < 4.78 is 0. The summed E-state index contributed by atoms with van der Waals surface area (Å²) in [4.78, 5) is 15.2. The molecule has 1 aromatic rings. The molecule has 2 N–H and O–H groups in total. The molecule has 0 radical (unpaired) electrons. The van der Waals surface area contributed by atoms with Gasteiger partial charge in [-0.3, -0.25) is 4.79 Å². The van der Waals surface area contributed by atoms with Crippen LogP contribution >= 0.6 is 0 Å². The topological polar surface area (TPSA) is 73.4 Å². The first-order chi connectivity index (χ1) is 8.86. The monoisotopic (exact) mass is 260 g/mol. The standard InChI is InChI=1S/C14H20N4O/c1-10(8-15)9-18(4)13-6-5-11(7-12(13)16)14(19)17(2)3/h5-7,10H,9,16H2,1-4H3. The molecule has 5 nitrogen and oxygen atoms in total. The quantitative estimate of drug-likeness (QED) is 0.834. The number of nitriles is 1. The molecule has 1 atom stereocenters. The smallest absolute Gasteiger partial charge is 0.253 e. The van der Waals surface area contributed by atoms with E-state index in [1.807, 2.05) is 24.9 Å². The Balaban J connectivity index is 2.95. The Kier molecular flexibility index (Phi) is 4.76. The second-order valence-electron chi connectivity index (χ2n) is 4.88. The fraction of sp³-hybridized carbons (Fsp3) is 0.429. The van der Waals surface area contributed by atoms with E-state index in [9.17, 15) is 4.79 Å². The molecule has 0 aliphatic rings. The van der Waals surface area contributed by atoms with Crippen LogP contribution in [0.4, 0.5) is 11.4 Å². The van der Waals surface area contributed by atoms with Crippen molar-refractivity contribution in [3.8, 4) is 6.07 Å². The van der Waals surface area contributed by atoms with Gasteiger partial charge in [-0.05, 0) is 25.1 Å². The van der Waals surface area contributed by atoms with Gasteiger partial charge in [0.15, 0.2) is 0 Å². The highest BCUT2D eigenvalue weighted by Gasteiger charge is 2.13. The number of amides is 1. The Morgan fingerprint density at radius 2 is 2.05 bits per heavy atom.